The Morgan fingerprint density at radius 3 is 2.32 bits per heavy atom. The van der Waals surface area contributed by atoms with Gasteiger partial charge in [0.1, 0.15) is 6.10 Å². The summed E-state index contributed by atoms with van der Waals surface area (Å²) in [5, 5.41) is 0. The SMILES string of the molecule is CCP1(F)=NP(F)(F)=NP(F)(OC2C3=C4CC4=C32)=N1. The highest BCUT2D eigenvalue weighted by atomic mass is 31.3. The van der Waals surface area contributed by atoms with Gasteiger partial charge >= 0.3 is 15.6 Å². The largest absolute Gasteiger partial charge is 0.423 e. The fourth-order valence-electron chi connectivity index (χ4n) is 2.36. The maximum Gasteiger partial charge on any atom is 0.423 e. The Hall–Kier alpha value is -0.150. The summed E-state index contributed by atoms with van der Waals surface area (Å²) in [6.07, 6.45) is -0.0583. The van der Waals surface area contributed by atoms with Gasteiger partial charge in [0.25, 0.3) is 7.52 Å². The van der Waals surface area contributed by atoms with Crippen LogP contribution in [0, 0.1) is 0 Å². The molecule has 0 N–H and O–H groups in total. The molecule has 0 amide bonds. The zero-order chi connectivity index (χ0) is 13.6. The van der Waals surface area contributed by atoms with Crippen LogP contribution in [0.4, 0.5) is 16.8 Å². The highest BCUT2D eigenvalue weighted by Crippen LogP contribution is 2.83. The Bertz CT molecular complexity index is 737. The van der Waals surface area contributed by atoms with Gasteiger partial charge in [0.05, 0.1) is 0 Å². The van der Waals surface area contributed by atoms with Gasteiger partial charge in [-0.05, 0) is 28.7 Å². The monoisotopic (exact) mass is 331 g/mol. The minimum Gasteiger partial charge on any atom is -0.290 e. The Kier molecular flexibility index (Phi) is 2.22. The van der Waals surface area contributed by atoms with E-state index >= 15 is 0 Å². The van der Waals surface area contributed by atoms with E-state index in [1.54, 1.807) is 0 Å². The van der Waals surface area contributed by atoms with Crippen molar-refractivity contribution >= 4 is 23.1 Å². The molecule has 104 valence electrons. The smallest absolute Gasteiger partial charge is 0.290 e. The molecule has 4 aliphatic rings. The zero-order valence-corrected chi connectivity index (χ0v) is 12.3. The molecule has 2 fully saturated rings. The van der Waals surface area contributed by atoms with Crippen molar-refractivity contribution in [3.63, 3.8) is 0 Å². The van der Waals surface area contributed by atoms with E-state index in [1.807, 2.05) is 0 Å². The quantitative estimate of drug-likeness (QED) is 0.446. The van der Waals surface area contributed by atoms with Gasteiger partial charge in [-0.25, -0.2) is 0 Å². The van der Waals surface area contributed by atoms with E-state index in [2.05, 4.69) is 13.5 Å². The Balaban J connectivity index is 1.72. The minimum atomic E-state index is -5.30. The van der Waals surface area contributed by atoms with Crippen LogP contribution in [0.5, 0.6) is 0 Å². The molecule has 0 aromatic carbocycles. The Morgan fingerprint density at radius 1 is 1.11 bits per heavy atom. The molecule has 4 rings (SSSR count). The lowest BCUT2D eigenvalue weighted by Gasteiger charge is -2.19. The normalized spacial score (nSPS) is 41.5. The summed E-state index contributed by atoms with van der Waals surface area (Å²) in [4.78, 5) is 0. The molecule has 1 aliphatic heterocycles. The van der Waals surface area contributed by atoms with Crippen molar-refractivity contribution in [3.8, 4) is 0 Å². The number of nitrogens with zero attached hydrogens (tertiary/aromatic N) is 3. The molecular weight excluding hydrogens is 323 g/mol. The van der Waals surface area contributed by atoms with Gasteiger partial charge in [0.15, 0.2) is 0 Å². The van der Waals surface area contributed by atoms with Crippen molar-refractivity contribution < 1.29 is 21.3 Å². The summed E-state index contributed by atoms with van der Waals surface area (Å²) in [5.74, 6) is 0. The van der Waals surface area contributed by atoms with Gasteiger partial charge in [0.2, 0.25) is 0 Å². The molecule has 0 aromatic heterocycles. The highest BCUT2D eigenvalue weighted by Gasteiger charge is 2.60. The molecule has 3 aliphatic carbocycles. The summed E-state index contributed by atoms with van der Waals surface area (Å²) >= 11 is 0. The molecule has 2 unspecified atom stereocenters. The van der Waals surface area contributed by atoms with E-state index in [0.29, 0.717) is 0 Å². The number of rotatable bonds is 3. The second-order valence-electron chi connectivity index (χ2n) is 4.60. The van der Waals surface area contributed by atoms with Gasteiger partial charge in [-0.1, -0.05) is 6.92 Å². The molecule has 0 saturated heterocycles. The second-order valence-corrected chi connectivity index (χ2v) is 10.7. The van der Waals surface area contributed by atoms with Crippen molar-refractivity contribution in [2.24, 2.45) is 13.5 Å². The van der Waals surface area contributed by atoms with Gasteiger partial charge in [-0.15, -0.1) is 12.9 Å². The van der Waals surface area contributed by atoms with Crippen molar-refractivity contribution in [1.82, 2.24) is 0 Å². The molecule has 2 saturated carbocycles. The van der Waals surface area contributed by atoms with Crippen LogP contribution < -0.4 is 0 Å². The fourth-order valence-corrected chi connectivity index (χ4v) is 9.31. The molecule has 0 bridgehead atoms. The van der Waals surface area contributed by atoms with Crippen LogP contribution in [0.15, 0.2) is 35.8 Å². The predicted octanol–water partition coefficient (Wildman–Crippen LogP) is 6.23. The van der Waals surface area contributed by atoms with Gasteiger partial charge in [-0.2, -0.15) is 17.4 Å². The highest BCUT2D eigenvalue weighted by molar-refractivity contribution is 7.79. The number of fused-ring (bicyclic) bond motifs is 2. The standard InChI is InChI=1S/C8H8F4N3OP3/c1-2-17(9)13-18(10,11)15-19(12,14-17)16-8-6-4-3-5(4)7(6)8/h8H,2-3H2,1H3. The van der Waals surface area contributed by atoms with E-state index in [4.69, 9.17) is 4.52 Å². The lowest BCUT2D eigenvalue weighted by molar-refractivity contribution is 0.337. The van der Waals surface area contributed by atoms with Crippen LogP contribution in [0.25, 0.3) is 0 Å². The zero-order valence-electron chi connectivity index (χ0n) is 9.59. The molecule has 4 nitrogen and oxygen atoms in total. The van der Waals surface area contributed by atoms with Crippen molar-refractivity contribution in [3.05, 3.63) is 22.3 Å². The van der Waals surface area contributed by atoms with Crippen LogP contribution in [-0.2, 0) is 4.52 Å². The summed E-state index contributed by atoms with van der Waals surface area (Å²) in [5.41, 5.74) is 4.04. The maximum atomic E-state index is 14.3. The number of hydrogen-bond donors (Lipinski definition) is 0. The first kappa shape index (κ1) is 12.6. The summed E-state index contributed by atoms with van der Waals surface area (Å²) in [6.45, 7) is 1.32. The average molecular weight is 331 g/mol. The van der Waals surface area contributed by atoms with Crippen LogP contribution in [-0.4, -0.2) is 12.3 Å². The van der Waals surface area contributed by atoms with Crippen molar-refractivity contribution in [2.75, 3.05) is 6.16 Å². The van der Waals surface area contributed by atoms with Crippen LogP contribution >= 0.6 is 23.1 Å². The third-order valence-corrected chi connectivity index (χ3v) is 10.3. The molecule has 19 heavy (non-hydrogen) atoms. The summed E-state index contributed by atoms with van der Waals surface area (Å²) in [6, 6.07) is 0. The van der Waals surface area contributed by atoms with E-state index in [-0.39, 0.29) is 6.16 Å². The maximum absolute atomic E-state index is 14.3. The number of allylic oxidation sites excluding steroid dienone is 2. The van der Waals surface area contributed by atoms with Crippen LogP contribution in [0.2, 0.25) is 0 Å². The summed E-state index contributed by atoms with van der Waals surface area (Å²) in [7, 11) is -14.1. The van der Waals surface area contributed by atoms with Gasteiger partial charge < -0.3 is 0 Å². The molecule has 0 aromatic rings. The van der Waals surface area contributed by atoms with Crippen LogP contribution in [0.1, 0.15) is 13.3 Å². The summed E-state index contributed by atoms with van der Waals surface area (Å²) < 4.78 is 68.7. The van der Waals surface area contributed by atoms with Crippen molar-refractivity contribution in [2.45, 2.75) is 19.4 Å². The second kappa shape index (κ2) is 3.36. The first-order valence-corrected chi connectivity index (χ1v) is 10.4. The first-order chi connectivity index (χ1) is 8.76. The third kappa shape index (κ3) is 1.80. The lowest BCUT2D eigenvalue weighted by Crippen LogP contribution is -1.90. The van der Waals surface area contributed by atoms with E-state index in [9.17, 15) is 16.8 Å². The molecule has 0 radical (unpaired) electrons. The molecular formula is C8H8F4N3OP3. The molecule has 0 spiro atoms. The number of halogens is 4. The van der Waals surface area contributed by atoms with E-state index in [0.717, 1.165) is 28.7 Å². The first-order valence-electron chi connectivity index (χ1n) is 5.60. The Labute approximate surface area is 106 Å². The molecule has 11 heteroatoms. The predicted molar refractivity (Wildman–Crippen MR) is 66.6 cm³/mol. The fraction of sp³-hybridized carbons (Fsp3) is 0.500. The van der Waals surface area contributed by atoms with E-state index < -0.39 is 29.2 Å². The number of hydrogen-bond acceptors (Lipinski definition) is 4. The topological polar surface area (TPSA) is 46.3 Å². The molecule has 1 heterocycles. The lowest BCUT2D eigenvalue weighted by atomic mass is 10.3. The van der Waals surface area contributed by atoms with Gasteiger partial charge in [-0.3, -0.25) is 4.52 Å². The minimum absolute atomic E-state index is 0.348. The van der Waals surface area contributed by atoms with Crippen LogP contribution in [0.3, 0.4) is 0 Å². The third-order valence-electron chi connectivity index (χ3n) is 3.33. The Morgan fingerprint density at radius 2 is 1.74 bits per heavy atom. The van der Waals surface area contributed by atoms with Gasteiger partial charge in [0, 0.05) is 6.16 Å². The molecule has 2 atom stereocenters. The van der Waals surface area contributed by atoms with E-state index in [1.165, 1.54) is 6.92 Å². The van der Waals surface area contributed by atoms with Crippen molar-refractivity contribution in [1.29, 1.82) is 0 Å². The average Bonchev–Trinajstić information content (AvgIpc) is 3.00.